The predicted octanol–water partition coefficient (Wildman–Crippen LogP) is 8.23. The van der Waals surface area contributed by atoms with Crippen LogP contribution in [0.15, 0.2) is 48.7 Å². The maximum absolute atomic E-state index is 12.7. The third-order valence-corrected chi connectivity index (χ3v) is 5.74. The van der Waals surface area contributed by atoms with Crippen LogP contribution in [0.2, 0.25) is 5.02 Å². The number of amides is 1. The van der Waals surface area contributed by atoms with Gasteiger partial charge in [-0.15, -0.1) is 0 Å². The zero-order valence-corrected chi connectivity index (χ0v) is 23.4. The highest BCUT2D eigenvalue weighted by molar-refractivity contribution is 6.30. The van der Waals surface area contributed by atoms with E-state index in [9.17, 15) is 9.59 Å². The van der Waals surface area contributed by atoms with Gasteiger partial charge in [-0.05, 0) is 69.4 Å². The lowest BCUT2D eigenvalue weighted by Crippen LogP contribution is -2.56. The highest BCUT2D eigenvalue weighted by Gasteiger charge is 2.43. The van der Waals surface area contributed by atoms with Crippen molar-refractivity contribution in [1.82, 2.24) is 9.88 Å². The van der Waals surface area contributed by atoms with E-state index in [1.165, 1.54) is 0 Å². The van der Waals surface area contributed by atoms with Crippen LogP contribution >= 0.6 is 11.6 Å². The number of rotatable bonds is 8. The summed E-state index contributed by atoms with van der Waals surface area (Å²) < 4.78 is 0. The van der Waals surface area contributed by atoms with Crippen molar-refractivity contribution in [2.75, 3.05) is 0 Å². The third-order valence-electron chi connectivity index (χ3n) is 5.49. The van der Waals surface area contributed by atoms with Gasteiger partial charge in [0, 0.05) is 23.3 Å². The van der Waals surface area contributed by atoms with E-state index < -0.39 is 5.54 Å². The van der Waals surface area contributed by atoms with Gasteiger partial charge in [0.2, 0.25) is 5.91 Å². The summed E-state index contributed by atoms with van der Waals surface area (Å²) in [5, 5.41) is 0.663. The second kappa shape index (κ2) is 16.4. The molecule has 0 fully saturated rings. The molecule has 190 valence electrons. The van der Waals surface area contributed by atoms with Gasteiger partial charge in [-0.3, -0.25) is 14.6 Å². The number of hydrogen-bond donors (Lipinski definition) is 0. The van der Waals surface area contributed by atoms with Gasteiger partial charge in [0.15, 0.2) is 5.78 Å². The number of carbonyl (C=O) groups is 2. The van der Waals surface area contributed by atoms with Crippen molar-refractivity contribution in [2.24, 2.45) is 5.92 Å². The Kier molecular flexibility index (Phi) is 15.4. The Balaban J connectivity index is 0.000000809. The van der Waals surface area contributed by atoms with Crippen molar-refractivity contribution >= 4 is 23.3 Å². The first kappa shape index (κ1) is 31.8. The topological polar surface area (TPSA) is 50.3 Å². The van der Waals surface area contributed by atoms with Gasteiger partial charge in [0.05, 0.1) is 6.04 Å². The lowest BCUT2D eigenvalue weighted by molar-refractivity contribution is -0.150. The maximum Gasteiger partial charge on any atom is 0.223 e. The van der Waals surface area contributed by atoms with E-state index in [2.05, 4.69) is 32.7 Å². The van der Waals surface area contributed by atoms with Gasteiger partial charge in [0.1, 0.15) is 5.54 Å². The number of nitrogens with zero attached hydrogens (tertiary/aromatic N) is 2. The Labute approximate surface area is 213 Å². The molecule has 34 heavy (non-hydrogen) atoms. The molecule has 0 saturated carbocycles. The Morgan fingerprint density at radius 1 is 1.00 bits per heavy atom. The predicted molar refractivity (Wildman–Crippen MR) is 145 cm³/mol. The van der Waals surface area contributed by atoms with Crippen LogP contribution in [-0.2, 0) is 9.59 Å². The number of hydrogen-bond acceptors (Lipinski definition) is 3. The van der Waals surface area contributed by atoms with E-state index in [0.717, 1.165) is 23.6 Å². The first-order chi connectivity index (χ1) is 16.0. The Bertz CT molecular complexity index is 834. The van der Waals surface area contributed by atoms with Gasteiger partial charge in [-0.1, -0.05) is 77.8 Å². The molecule has 1 aromatic carbocycles. The summed E-state index contributed by atoms with van der Waals surface area (Å²) in [5.41, 5.74) is 1.33. The quantitative estimate of drug-likeness (QED) is 0.376. The number of ketones is 1. The van der Waals surface area contributed by atoms with Gasteiger partial charge in [0.25, 0.3) is 0 Å². The minimum atomic E-state index is -0.735. The van der Waals surface area contributed by atoms with Crippen molar-refractivity contribution in [1.29, 1.82) is 0 Å². The maximum atomic E-state index is 12.7. The number of Topliss-reactive ketones (excluding diaryl/α,β-unsaturated/α-hetero) is 1. The first-order valence-electron chi connectivity index (χ1n) is 12.4. The second-order valence-corrected chi connectivity index (χ2v) is 9.68. The summed E-state index contributed by atoms with van der Waals surface area (Å²) in [7, 11) is 0. The molecule has 4 nitrogen and oxygen atoms in total. The van der Waals surface area contributed by atoms with Crippen LogP contribution in [0, 0.1) is 12.8 Å². The summed E-state index contributed by atoms with van der Waals surface area (Å²) in [6.45, 7) is 17.9. The highest BCUT2D eigenvalue weighted by Crippen LogP contribution is 2.36. The average Bonchev–Trinajstić information content (AvgIpc) is 2.79. The average molecular weight is 489 g/mol. The molecule has 0 saturated heterocycles. The van der Waals surface area contributed by atoms with Crippen molar-refractivity contribution in [2.45, 2.75) is 99.6 Å². The van der Waals surface area contributed by atoms with E-state index in [1.807, 2.05) is 75.1 Å². The number of aryl methyl sites for hydroxylation is 1. The Morgan fingerprint density at radius 2 is 1.56 bits per heavy atom. The second-order valence-electron chi connectivity index (χ2n) is 9.24. The Hall–Kier alpha value is -2.20. The molecule has 0 aliphatic rings. The van der Waals surface area contributed by atoms with E-state index in [-0.39, 0.29) is 17.7 Å². The van der Waals surface area contributed by atoms with Crippen LogP contribution in [0.25, 0.3) is 0 Å². The minimum Gasteiger partial charge on any atom is -0.323 e. The molecular formula is C29H45ClN2O2. The van der Waals surface area contributed by atoms with E-state index in [4.69, 9.17) is 11.6 Å². The standard InChI is InChI=1S/C19H28ClNO2.C6H7N.C4H10/c1-6-13-19(8-3,15(5)22)21(18(23)7-2)14(4)16-9-11-17(20)12-10-16;1-6-4-2-3-5-7-6;1-4(2)3/h9-12,14H,6-8,13H2,1-5H3;2-5H,1H3;4H,1-3H3/t14-,19+;;/m0../s1. The lowest BCUT2D eigenvalue weighted by Gasteiger charge is -2.45. The number of carbonyl (C=O) groups excluding carboxylic acids is 2. The van der Waals surface area contributed by atoms with Crippen molar-refractivity contribution in [3.63, 3.8) is 0 Å². The lowest BCUT2D eigenvalue weighted by atomic mass is 9.82. The molecule has 2 aromatic rings. The van der Waals surface area contributed by atoms with Crippen LogP contribution in [-0.4, -0.2) is 27.1 Å². The molecule has 5 heteroatoms. The number of benzene rings is 1. The van der Waals surface area contributed by atoms with E-state index in [0.29, 0.717) is 24.3 Å². The Morgan fingerprint density at radius 3 is 1.88 bits per heavy atom. The van der Waals surface area contributed by atoms with Gasteiger partial charge < -0.3 is 4.90 Å². The van der Waals surface area contributed by atoms with Crippen LogP contribution < -0.4 is 0 Å². The normalized spacial score (nSPS) is 12.9. The van der Waals surface area contributed by atoms with Crippen molar-refractivity contribution in [3.8, 4) is 0 Å². The summed E-state index contributed by atoms with van der Waals surface area (Å²) in [5.74, 6) is 0.905. The van der Waals surface area contributed by atoms with Crippen LogP contribution in [0.4, 0.5) is 0 Å². The molecule has 0 aliphatic heterocycles. The van der Waals surface area contributed by atoms with Crippen molar-refractivity contribution in [3.05, 3.63) is 64.9 Å². The number of pyridine rings is 1. The number of aromatic nitrogens is 1. The van der Waals surface area contributed by atoms with Crippen LogP contribution in [0.1, 0.15) is 98.4 Å². The molecule has 2 rings (SSSR count). The monoisotopic (exact) mass is 488 g/mol. The van der Waals surface area contributed by atoms with E-state index in [1.54, 1.807) is 13.1 Å². The fourth-order valence-electron chi connectivity index (χ4n) is 3.81. The van der Waals surface area contributed by atoms with Crippen LogP contribution in [0.3, 0.4) is 0 Å². The SMILES string of the molecule is CC(C)C.CCC[C@](CC)(C(C)=O)N(C(=O)CC)[C@@H](C)c1ccc(Cl)cc1.Cc1ccccn1. The molecular weight excluding hydrogens is 444 g/mol. The van der Waals surface area contributed by atoms with Crippen LogP contribution in [0.5, 0.6) is 0 Å². The van der Waals surface area contributed by atoms with Gasteiger partial charge in [-0.2, -0.15) is 0 Å². The van der Waals surface area contributed by atoms with E-state index >= 15 is 0 Å². The first-order valence-corrected chi connectivity index (χ1v) is 12.8. The fourth-order valence-corrected chi connectivity index (χ4v) is 3.94. The molecule has 1 aromatic heterocycles. The molecule has 0 aliphatic carbocycles. The highest BCUT2D eigenvalue weighted by atomic mass is 35.5. The third kappa shape index (κ3) is 10.4. The zero-order chi connectivity index (χ0) is 26.3. The summed E-state index contributed by atoms with van der Waals surface area (Å²) in [6.07, 6.45) is 4.34. The number of halogens is 1. The molecule has 1 amide bonds. The van der Waals surface area contributed by atoms with Crippen molar-refractivity contribution < 1.29 is 9.59 Å². The summed E-state index contributed by atoms with van der Waals surface area (Å²) >= 11 is 5.97. The van der Waals surface area contributed by atoms with Gasteiger partial charge in [-0.25, -0.2) is 0 Å². The molecule has 0 N–H and O–H groups in total. The molecule has 0 radical (unpaired) electrons. The summed E-state index contributed by atoms with van der Waals surface area (Å²) in [4.78, 5) is 31.0. The fraction of sp³-hybridized carbons (Fsp3) is 0.552. The molecule has 0 bridgehead atoms. The molecule has 2 atom stereocenters. The smallest absolute Gasteiger partial charge is 0.223 e. The summed E-state index contributed by atoms with van der Waals surface area (Å²) in [6, 6.07) is 13.2. The van der Waals surface area contributed by atoms with Gasteiger partial charge >= 0.3 is 0 Å². The minimum absolute atomic E-state index is 0.0120. The molecule has 0 spiro atoms. The largest absolute Gasteiger partial charge is 0.323 e. The molecule has 1 heterocycles. The zero-order valence-electron chi connectivity index (χ0n) is 22.7. The molecule has 0 unspecified atom stereocenters.